The van der Waals surface area contributed by atoms with Crippen LogP contribution in [0.2, 0.25) is 5.02 Å². The number of hydrogen-bond acceptors (Lipinski definition) is 2. The van der Waals surface area contributed by atoms with Crippen molar-refractivity contribution >= 4 is 44.8 Å². The molecule has 2 aromatic carbocycles. The molecule has 0 aliphatic carbocycles. The number of nitrogens with one attached hydrogen (secondary N) is 1. The quantitative estimate of drug-likeness (QED) is 0.807. The van der Waals surface area contributed by atoms with Crippen LogP contribution < -0.4 is 11.1 Å². The highest BCUT2D eigenvalue weighted by molar-refractivity contribution is 9.10. The van der Waals surface area contributed by atoms with Gasteiger partial charge in [-0.3, -0.25) is 4.79 Å². The predicted molar refractivity (Wildman–Crippen MR) is 77.9 cm³/mol. The number of carbonyl (C=O) groups is 1. The first-order valence-electron chi connectivity index (χ1n) is 5.29. The second-order valence-electron chi connectivity index (χ2n) is 3.82. The summed E-state index contributed by atoms with van der Waals surface area (Å²) in [6.07, 6.45) is 0. The summed E-state index contributed by atoms with van der Waals surface area (Å²) < 4.78 is 14.2. The van der Waals surface area contributed by atoms with E-state index in [1.165, 1.54) is 24.3 Å². The van der Waals surface area contributed by atoms with E-state index in [2.05, 4.69) is 21.2 Å². The van der Waals surface area contributed by atoms with E-state index in [1.54, 1.807) is 12.1 Å². The van der Waals surface area contributed by atoms with Crippen molar-refractivity contribution in [3.63, 3.8) is 0 Å². The van der Waals surface area contributed by atoms with Crippen molar-refractivity contribution in [1.82, 2.24) is 0 Å². The minimum absolute atomic E-state index is 0.0673. The molecule has 0 atom stereocenters. The van der Waals surface area contributed by atoms with Crippen LogP contribution in [0.15, 0.2) is 40.9 Å². The third-order valence-electron chi connectivity index (χ3n) is 2.41. The summed E-state index contributed by atoms with van der Waals surface area (Å²) in [6.45, 7) is 0. The Bertz CT molecular complexity index is 649. The Labute approximate surface area is 122 Å². The van der Waals surface area contributed by atoms with E-state index in [1.807, 2.05) is 0 Å². The number of anilines is 2. The van der Waals surface area contributed by atoms with Gasteiger partial charge in [0.15, 0.2) is 0 Å². The normalized spacial score (nSPS) is 10.3. The second kappa shape index (κ2) is 5.59. The summed E-state index contributed by atoms with van der Waals surface area (Å²) in [5.74, 6) is -1.18. The fraction of sp³-hybridized carbons (Fsp3) is 0. The van der Waals surface area contributed by atoms with E-state index >= 15 is 0 Å². The van der Waals surface area contributed by atoms with Crippen molar-refractivity contribution in [3.05, 3.63) is 57.3 Å². The molecule has 0 aliphatic rings. The molecule has 0 radical (unpaired) electrons. The number of amides is 1. The number of benzene rings is 2. The summed E-state index contributed by atoms with van der Waals surface area (Å²) in [5, 5.41) is 2.83. The molecule has 0 fully saturated rings. The monoisotopic (exact) mass is 342 g/mol. The maximum Gasteiger partial charge on any atom is 0.258 e. The molecule has 0 aromatic heterocycles. The van der Waals surface area contributed by atoms with Crippen LogP contribution in [0.1, 0.15) is 10.4 Å². The Morgan fingerprint density at radius 3 is 2.68 bits per heavy atom. The lowest BCUT2D eigenvalue weighted by Crippen LogP contribution is -2.14. The molecular formula is C13H9BrClFN2O. The Morgan fingerprint density at radius 1 is 1.26 bits per heavy atom. The largest absolute Gasteiger partial charge is 0.399 e. The number of nitrogens with two attached hydrogens (primary N) is 1. The first kappa shape index (κ1) is 13.8. The van der Waals surface area contributed by atoms with Gasteiger partial charge in [0.2, 0.25) is 0 Å². The minimum atomic E-state index is -0.604. The minimum Gasteiger partial charge on any atom is -0.399 e. The molecule has 3 N–H and O–H groups in total. The molecular weight excluding hydrogens is 335 g/mol. The molecule has 2 aromatic rings. The zero-order valence-electron chi connectivity index (χ0n) is 9.58. The zero-order valence-corrected chi connectivity index (χ0v) is 11.9. The van der Waals surface area contributed by atoms with Crippen LogP contribution in [-0.4, -0.2) is 5.91 Å². The Hall–Kier alpha value is -1.59. The maximum atomic E-state index is 13.6. The zero-order chi connectivity index (χ0) is 14.0. The van der Waals surface area contributed by atoms with E-state index in [9.17, 15) is 9.18 Å². The average molecular weight is 344 g/mol. The van der Waals surface area contributed by atoms with Crippen molar-refractivity contribution in [2.24, 2.45) is 0 Å². The topological polar surface area (TPSA) is 55.1 Å². The fourth-order valence-electron chi connectivity index (χ4n) is 1.49. The number of nitrogen functional groups attached to an aromatic ring is 1. The van der Waals surface area contributed by atoms with Gasteiger partial charge in [0.1, 0.15) is 5.82 Å². The maximum absolute atomic E-state index is 13.6. The molecule has 2 rings (SSSR count). The second-order valence-corrected chi connectivity index (χ2v) is 5.14. The average Bonchev–Trinajstić information content (AvgIpc) is 2.35. The molecule has 0 heterocycles. The SMILES string of the molecule is Nc1ccc(NC(=O)c2cc(Br)ccc2F)c(Cl)c1. The van der Waals surface area contributed by atoms with Gasteiger partial charge in [-0.25, -0.2) is 4.39 Å². The molecule has 0 spiro atoms. The lowest BCUT2D eigenvalue weighted by molar-refractivity contribution is 0.102. The number of rotatable bonds is 2. The van der Waals surface area contributed by atoms with Gasteiger partial charge in [-0.2, -0.15) is 0 Å². The van der Waals surface area contributed by atoms with Crippen LogP contribution in [0.4, 0.5) is 15.8 Å². The molecule has 0 bridgehead atoms. The summed E-state index contributed by atoms with van der Waals surface area (Å²) >= 11 is 9.12. The smallest absolute Gasteiger partial charge is 0.258 e. The Kier molecular flexibility index (Phi) is 4.07. The van der Waals surface area contributed by atoms with Crippen molar-refractivity contribution in [3.8, 4) is 0 Å². The highest BCUT2D eigenvalue weighted by Crippen LogP contribution is 2.25. The lowest BCUT2D eigenvalue weighted by Gasteiger charge is -2.08. The molecule has 0 unspecified atom stereocenters. The van der Waals surface area contributed by atoms with Gasteiger partial charge in [-0.1, -0.05) is 27.5 Å². The van der Waals surface area contributed by atoms with Crippen LogP contribution in [0.25, 0.3) is 0 Å². The molecule has 1 amide bonds. The van der Waals surface area contributed by atoms with E-state index in [4.69, 9.17) is 17.3 Å². The van der Waals surface area contributed by atoms with Crippen LogP contribution >= 0.6 is 27.5 Å². The van der Waals surface area contributed by atoms with Gasteiger partial charge in [0, 0.05) is 10.2 Å². The number of carbonyl (C=O) groups excluding carboxylic acids is 1. The van der Waals surface area contributed by atoms with E-state index in [0.29, 0.717) is 20.9 Å². The molecule has 98 valence electrons. The highest BCUT2D eigenvalue weighted by Gasteiger charge is 2.13. The standard InChI is InChI=1S/C13H9BrClFN2O/c14-7-1-3-11(16)9(5-7)13(19)18-12-4-2-8(17)6-10(12)15/h1-6H,17H2,(H,18,19). The molecule has 3 nitrogen and oxygen atoms in total. The van der Waals surface area contributed by atoms with Crippen molar-refractivity contribution in [2.75, 3.05) is 11.1 Å². The van der Waals surface area contributed by atoms with Gasteiger partial charge in [0.25, 0.3) is 5.91 Å². The van der Waals surface area contributed by atoms with Crippen molar-refractivity contribution in [2.45, 2.75) is 0 Å². The predicted octanol–water partition coefficient (Wildman–Crippen LogP) is 4.08. The highest BCUT2D eigenvalue weighted by atomic mass is 79.9. The van der Waals surface area contributed by atoms with Crippen molar-refractivity contribution < 1.29 is 9.18 Å². The Balaban J connectivity index is 2.28. The third kappa shape index (κ3) is 3.24. The Morgan fingerprint density at radius 2 is 2.00 bits per heavy atom. The summed E-state index contributed by atoms with van der Waals surface area (Å²) in [6, 6.07) is 8.79. The first-order chi connectivity index (χ1) is 8.97. The van der Waals surface area contributed by atoms with Crippen LogP contribution in [0.3, 0.4) is 0 Å². The number of halogens is 3. The first-order valence-corrected chi connectivity index (χ1v) is 6.46. The van der Waals surface area contributed by atoms with E-state index in [0.717, 1.165) is 0 Å². The van der Waals surface area contributed by atoms with Gasteiger partial charge in [0.05, 0.1) is 16.3 Å². The lowest BCUT2D eigenvalue weighted by atomic mass is 10.2. The molecule has 19 heavy (non-hydrogen) atoms. The number of hydrogen-bond donors (Lipinski definition) is 2. The van der Waals surface area contributed by atoms with Crippen LogP contribution in [0.5, 0.6) is 0 Å². The van der Waals surface area contributed by atoms with E-state index in [-0.39, 0.29) is 5.56 Å². The van der Waals surface area contributed by atoms with Gasteiger partial charge in [-0.15, -0.1) is 0 Å². The summed E-state index contributed by atoms with van der Waals surface area (Å²) in [7, 11) is 0. The van der Waals surface area contributed by atoms with Gasteiger partial charge >= 0.3 is 0 Å². The van der Waals surface area contributed by atoms with E-state index < -0.39 is 11.7 Å². The van der Waals surface area contributed by atoms with Crippen LogP contribution in [-0.2, 0) is 0 Å². The molecule has 6 heteroatoms. The molecule has 0 aliphatic heterocycles. The summed E-state index contributed by atoms with van der Waals surface area (Å²) in [4.78, 5) is 12.0. The molecule has 0 saturated heterocycles. The van der Waals surface area contributed by atoms with Gasteiger partial charge in [-0.05, 0) is 36.4 Å². The van der Waals surface area contributed by atoms with Crippen LogP contribution in [0, 0.1) is 5.82 Å². The molecule has 0 saturated carbocycles. The van der Waals surface area contributed by atoms with Crippen molar-refractivity contribution in [1.29, 1.82) is 0 Å². The fourth-order valence-corrected chi connectivity index (χ4v) is 2.09. The van der Waals surface area contributed by atoms with Gasteiger partial charge < -0.3 is 11.1 Å². The summed E-state index contributed by atoms with van der Waals surface area (Å²) in [5.41, 5.74) is 6.34. The third-order valence-corrected chi connectivity index (χ3v) is 3.22.